The summed E-state index contributed by atoms with van der Waals surface area (Å²) in [6.45, 7) is 1.58. The van der Waals surface area contributed by atoms with Gasteiger partial charge >= 0.3 is 0 Å². The lowest BCUT2D eigenvalue weighted by molar-refractivity contribution is -0.135. The van der Waals surface area contributed by atoms with Crippen LogP contribution in [0.5, 0.6) is 5.75 Å². The lowest BCUT2D eigenvalue weighted by Crippen LogP contribution is -2.42. The Bertz CT molecular complexity index is 553. The molecule has 124 valence electrons. The second-order valence-corrected chi connectivity index (χ2v) is 7.23. The molecule has 0 spiro atoms. The number of amides is 1. The third-order valence-corrected chi connectivity index (χ3v) is 5.81. The van der Waals surface area contributed by atoms with Crippen LogP contribution in [0.2, 0.25) is 0 Å². The number of likely N-dealkylation sites (tertiary alicyclic amines) is 1. The van der Waals surface area contributed by atoms with Crippen LogP contribution in [0.4, 0.5) is 4.39 Å². The molecule has 1 aromatic carbocycles. The molecule has 1 aliphatic heterocycles. The van der Waals surface area contributed by atoms with E-state index in [1.807, 2.05) is 4.90 Å². The molecular formula is C19H24FNO2. The highest BCUT2D eigenvalue weighted by molar-refractivity contribution is 5.82. The summed E-state index contributed by atoms with van der Waals surface area (Å²) in [7, 11) is 0. The van der Waals surface area contributed by atoms with E-state index in [2.05, 4.69) is 0 Å². The maximum Gasteiger partial charge on any atom is 0.226 e. The molecule has 0 bridgehead atoms. The molecule has 3 nitrogen and oxygen atoms in total. The van der Waals surface area contributed by atoms with Gasteiger partial charge < -0.3 is 9.64 Å². The van der Waals surface area contributed by atoms with Crippen LogP contribution in [0.25, 0.3) is 0 Å². The van der Waals surface area contributed by atoms with Gasteiger partial charge in [-0.05, 0) is 48.9 Å². The van der Waals surface area contributed by atoms with Gasteiger partial charge in [0.05, 0.1) is 0 Å². The van der Waals surface area contributed by atoms with Crippen LogP contribution in [0.15, 0.2) is 24.3 Å². The Labute approximate surface area is 136 Å². The number of rotatable bonds is 3. The standard InChI is InChI=1S/C19H24FNO2/c20-13-5-7-14(8-6-13)23-15-9-11-21(12-10-15)19(22)18-16-3-1-2-4-17(16)18/h5-8,15-18H,1-4,9-12H2. The maximum atomic E-state index is 12.9. The zero-order valence-corrected chi connectivity index (χ0v) is 13.4. The third kappa shape index (κ3) is 3.08. The molecule has 2 atom stereocenters. The lowest BCUT2D eigenvalue weighted by atomic mass is 10.0. The Morgan fingerprint density at radius 3 is 2.22 bits per heavy atom. The van der Waals surface area contributed by atoms with Crippen molar-refractivity contribution < 1.29 is 13.9 Å². The molecule has 2 saturated carbocycles. The Hall–Kier alpha value is -1.58. The van der Waals surface area contributed by atoms with Crippen molar-refractivity contribution in [2.24, 2.45) is 17.8 Å². The second-order valence-electron chi connectivity index (χ2n) is 7.23. The minimum absolute atomic E-state index is 0.131. The van der Waals surface area contributed by atoms with E-state index >= 15 is 0 Å². The first-order chi connectivity index (χ1) is 11.2. The first-order valence-electron chi connectivity index (χ1n) is 8.93. The highest BCUT2D eigenvalue weighted by atomic mass is 19.1. The number of fused-ring (bicyclic) bond motifs is 1. The number of ether oxygens (including phenoxy) is 1. The molecular weight excluding hydrogens is 293 g/mol. The van der Waals surface area contributed by atoms with E-state index in [9.17, 15) is 9.18 Å². The number of carbonyl (C=O) groups excluding carboxylic acids is 1. The molecule has 23 heavy (non-hydrogen) atoms. The normalized spacial score (nSPS) is 30.7. The van der Waals surface area contributed by atoms with Crippen molar-refractivity contribution in [1.29, 1.82) is 0 Å². The minimum atomic E-state index is -0.247. The number of hydrogen-bond acceptors (Lipinski definition) is 2. The molecule has 1 amide bonds. The zero-order valence-electron chi connectivity index (χ0n) is 13.4. The first-order valence-corrected chi connectivity index (χ1v) is 8.93. The van der Waals surface area contributed by atoms with Gasteiger partial charge in [-0.3, -0.25) is 4.79 Å². The van der Waals surface area contributed by atoms with Gasteiger partial charge in [-0.25, -0.2) is 4.39 Å². The van der Waals surface area contributed by atoms with Gasteiger partial charge in [0.1, 0.15) is 17.7 Å². The monoisotopic (exact) mass is 317 g/mol. The van der Waals surface area contributed by atoms with Crippen LogP contribution in [0.1, 0.15) is 38.5 Å². The summed E-state index contributed by atoms with van der Waals surface area (Å²) in [6.07, 6.45) is 6.98. The molecule has 4 heteroatoms. The van der Waals surface area contributed by atoms with Gasteiger partial charge in [-0.15, -0.1) is 0 Å². The summed E-state index contributed by atoms with van der Waals surface area (Å²) in [4.78, 5) is 14.7. The molecule has 3 aliphatic rings. The number of carbonyl (C=O) groups is 1. The van der Waals surface area contributed by atoms with Crippen molar-refractivity contribution in [2.45, 2.75) is 44.6 Å². The molecule has 1 heterocycles. The average Bonchev–Trinajstić information content (AvgIpc) is 3.31. The van der Waals surface area contributed by atoms with E-state index in [0.29, 0.717) is 29.4 Å². The van der Waals surface area contributed by atoms with Gasteiger partial charge in [0.15, 0.2) is 0 Å². The Morgan fingerprint density at radius 1 is 1.00 bits per heavy atom. The summed E-state index contributed by atoms with van der Waals surface area (Å²) >= 11 is 0. The maximum absolute atomic E-state index is 12.9. The number of benzene rings is 1. The van der Waals surface area contributed by atoms with E-state index in [1.165, 1.54) is 37.8 Å². The topological polar surface area (TPSA) is 29.5 Å². The molecule has 1 aromatic rings. The number of hydrogen-bond donors (Lipinski definition) is 0. The Morgan fingerprint density at radius 2 is 1.61 bits per heavy atom. The highest BCUT2D eigenvalue weighted by Gasteiger charge is 2.55. The fourth-order valence-electron chi connectivity index (χ4n) is 4.47. The second kappa shape index (κ2) is 6.14. The average molecular weight is 317 g/mol. The molecule has 2 unspecified atom stereocenters. The summed E-state index contributed by atoms with van der Waals surface area (Å²) < 4.78 is 18.8. The smallest absolute Gasteiger partial charge is 0.226 e. The van der Waals surface area contributed by atoms with Crippen molar-refractivity contribution in [2.75, 3.05) is 13.1 Å². The summed E-state index contributed by atoms with van der Waals surface area (Å²) in [5, 5.41) is 0. The van der Waals surface area contributed by atoms with Crippen molar-refractivity contribution >= 4 is 5.91 Å². The van der Waals surface area contributed by atoms with Crippen LogP contribution in [-0.4, -0.2) is 30.0 Å². The van der Waals surface area contributed by atoms with Crippen LogP contribution in [0.3, 0.4) is 0 Å². The van der Waals surface area contributed by atoms with E-state index in [-0.39, 0.29) is 11.9 Å². The van der Waals surface area contributed by atoms with Crippen LogP contribution in [-0.2, 0) is 4.79 Å². The fraction of sp³-hybridized carbons (Fsp3) is 0.632. The van der Waals surface area contributed by atoms with Crippen molar-refractivity contribution in [3.63, 3.8) is 0 Å². The van der Waals surface area contributed by atoms with Gasteiger partial charge in [0.25, 0.3) is 0 Å². The van der Waals surface area contributed by atoms with Crippen molar-refractivity contribution in [1.82, 2.24) is 4.90 Å². The van der Waals surface area contributed by atoms with E-state index in [0.717, 1.165) is 25.9 Å². The van der Waals surface area contributed by atoms with Crippen molar-refractivity contribution in [3.05, 3.63) is 30.1 Å². The zero-order chi connectivity index (χ0) is 15.8. The van der Waals surface area contributed by atoms with Crippen molar-refractivity contribution in [3.8, 4) is 5.75 Å². The number of piperidine rings is 1. The van der Waals surface area contributed by atoms with Gasteiger partial charge in [-0.1, -0.05) is 12.8 Å². The lowest BCUT2D eigenvalue weighted by Gasteiger charge is -2.32. The third-order valence-electron chi connectivity index (χ3n) is 5.81. The Kier molecular flexibility index (Phi) is 4.00. The molecule has 0 radical (unpaired) electrons. The Balaban J connectivity index is 1.27. The number of nitrogens with zero attached hydrogens (tertiary/aromatic N) is 1. The van der Waals surface area contributed by atoms with Gasteiger partial charge in [-0.2, -0.15) is 0 Å². The molecule has 2 aliphatic carbocycles. The predicted octanol–water partition coefficient (Wildman–Crippen LogP) is 3.63. The summed E-state index contributed by atoms with van der Waals surface area (Å²) in [5.41, 5.74) is 0. The van der Waals surface area contributed by atoms with Crippen LogP contribution >= 0.6 is 0 Å². The molecule has 1 saturated heterocycles. The molecule has 3 fully saturated rings. The van der Waals surface area contributed by atoms with E-state index in [4.69, 9.17) is 4.74 Å². The summed E-state index contributed by atoms with van der Waals surface area (Å²) in [6, 6.07) is 6.18. The SMILES string of the molecule is O=C(C1C2CCCCC21)N1CCC(Oc2ccc(F)cc2)CC1. The number of halogens is 1. The highest BCUT2D eigenvalue weighted by Crippen LogP contribution is 2.56. The van der Waals surface area contributed by atoms with Crippen LogP contribution < -0.4 is 4.74 Å². The molecule has 4 rings (SSSR count). The van der Waals surface area contributed by atoms with E-state index in [1.54, 1.807) is 12.1 Å². The quantitative estimate of drug-likeness (QED) is 0.852. The summed E-state index contributed by atoms with van der Waals surface area (Å²) in [5.74, 6) is 2.55. The van der Waals surface area contributed by atoms with Gasteiger partial charge in [0, 0.05) is 31.8 Å². The fourth-order valence-corrected chi connectivity index (χ4v) is 4.47. The molecule has 0 N–H and O–H groups in total. The predicted molar refractivity (Wildman–Crippen MR) is 85.6 cm³/mol. The van der Waals surface area contributed by atoms with Gasteiger partial charge in [0.2, 0.25) is 5.91 Å². The van der Waals surface area contributed by atoms with Crippen LogP contribution in [0, 0.1) is 23.6 Å². The first kappa shape index (κ1) is 15.0. The van der Waals surface area contributed by atoms with E-state index < -0.39 is 0 Å². The largest absolute Gasteiger partial charge is 0.490 e. The molecule has 0 aromatic heterocycles. The minimum Gasteiger partial charge on any atom is -0.490 e.